The van der Waals surface area contributed by atoms with E-state index in [1.165, 1.54) is 23.9 Å². The highest BCUT2D eigenvalue weighted by atomic mass is 32.2. The van der Waals surface area contributed by atoms with Gasteiger partial charge >= 0.3 is 0 Å². The first-order valence-electron chi connectivity index (χ1n) is 6.29. The molecule has 106 valence electrons. The van der Waals surface area contributed by atoms with Gasteiger partial charge in [-0.1, -0.05) is 18.2 Å². The Morgan fingerprint density at radius 3 is 2.71 bits per heavy atom. The van der Waals surface area contributed by atoms with Crippen molar-refractivity contribution in [1.29, 1.82) is 5.26 Å². The number of carbonyl (C=O) groups is 1. The number of hydrogen-bond donors (Lipinski definition) is 1. The maximum absolute atomic E-state index is 12.7. The summed E-state index contributed by atoms with van der Waals surface area (Å²) in [6.07, 6.45) is 0. The largest absolute Gasteiger partial charge is 0.325 e. The third kappa shape index (κ3) is 4.93. The topological polar surface area (TPSA) is 52.9 Å². The van der Waals surface area contributed by atoms with E-state index < -0.39 is 0 Å². The van der Waals surface area contributed by atoms with Gasteiger partial charge in [0, 0.05) is 11.4 Å². The predicted octanol–water partition coefficient (Wildman–Crippen LogP) is 3.57. The van der Waals surface area contributed by atoms with Crippen LogP contribution in [0.25, 0.3) is 0 Å². The summed E-state index contributed by atoms with van der Waals surface area (Å²) in [6, 6.07) is 15.0. The second-order valence-corrected chi connectivity index (χ2v) is 5.35. The maximum Gasteiger partial charge on any atom is 0.234 e. The lowest BCUT2D eigenvalue weighted by molar-refractivity contribution is -0.113. The average Bonchev–Trinajstić information content (AvgIpc) is 2.49. The summed E-state index contributed by atoms with van der Waals surface area (Å²) in [6.45, 7) is 0. The van der Waals surface area contributed by atoms with E-state index in [0.29, 0.717) is 22.8 Å². The van der Waals surface area contributed by atoms with Crippen LogP contribution in [0.1, 0.15) is 11.1 Å². The molecule has 2 aromatic carbocycles. The van der Waals surface area contributed by atoms with Gasteiger partial charge in [0.2, 0.25) is 5.91 Å². The van der Waals surface area contributed by atoms with Crippen LogP contribution in [0.2, 0.25) is 0 Å². The maximum atomic E-state index is 12.7. The fourth-order valence-corrected chi connectivity index (χ4v) is 2.49. The molecule has 0 spiro atoms. The fraction of sp³-hybridized carbons (Fsp3) is 0.125. The minimum atomic E-state index is -0.265. The number of halogens is 1. The lowest BCUT2D eigenvalue weighted by Crippen LogP contribution is -2.14. The second kappa shape index (κ2) is 7.46. The van der Waals surface area contributed by atoms with E-state index in [1.807, 2.05) is 6.07 Å². The zero-order chi connectivity index (χ0) is 15.1. The van der Waals surface area contributed by atoms with E-state index in [-0.39, 0.29) is 11.7 Å². The van der Waals surface area contributed by atoms with Gasteiger partial charge in [0.25, 0.3) is 0 Å². The molecule has 1 amide bonds. The van der Waals surface area contributed by atoms with Crippen molar-refractivity contribution in [3.63, 3.8) is 0 Å². The van der Waals surface area contributed by atoms with Crippen LogP contribution < -0.4 is 5.32 Å². The third-order valence-electron chi connectivity index (χ3n) is 2.69. The second-order valence-electron chi connectivity index (χ2n) is 4.36. The van der Waals surface area contributed by atoms with E-state index in [2.05, 4.69) is 5.32 Å². The standard InChI is InChI=1S/C16H13FN2OS/c17-14-6-4-12(5-7-14)10-21-11-16(20)19-15-3-1-2-13(8-15)9-18/h1-8H,10-11H2,(H,19,20). The summed E-state index contributed by atoms with van der Waals surface area (Å²) in [4.78, 5) is 11.8. The van der Waals surface area contributed by atoms with Crippen molar-refractivity contribution >= 4 is 23.4 Å². The summed E-state index contributed by atoms with van der Waals surface area (Å²) in [5.74, 6) is 0.552. The van der Waals surface area contributed by atoms with E-state index in [1.54, 1.807) is 36.4 Å². The number of nitriles is 1. The molecule has 1 N–H and O–H groups in total. The SMILES string of the molecule is N#Cc1cccc(NC(=O)CSCc2ccc(F)cc2)c1. The van der Waals surface area contributed by atoms with Crippen LogP contribution in [-0.2, 0) is 10.5 Å². The number of nitrogens with one attached hydrogen (secondary N) is 1. The molecule has 0 bridgehead atoms. The average molecular weight is 300 g/mol. The van der Waals surface area contributed by atoms with Crippen LogP contribution in [0.5, 0.6) is 0 Å². The number of carbonyl (C=O) groups excluding carboxylic acids is 1. The van der Waals surface area contributed by atoms with E-state index in [9.17, 15) is 9.18 Å². The van der Waals surface area contributed by atoms with Crippen molar-refractivity contribution in [2.45, 2.75) is 5.75 Å². The molecule has 0 heterocycles. The predicted molar refractivity (Wildman–Crippen MR) is 82.3 cm³/mol. The lowest BCUT2D eigenvalue weighted by atomic mass is 10.2. The number of hydrogen-bond acceptors (Lipinski definition) is 3. The first-order chi connectivity index (χ1) is 10.2. The Morgan fingerprint density at radius 1 is 1.24 bits per heavy atom. The molecule has 0 saturated heterocycles. The van der Waals surface area contributed by atoms with Gasteiger partial charge in [-0.2, -0.15) is 5.26 Å². The van der Waals surface area contributed by atoms with Crippen LogP contribution in [0.3, 0.4) is 0 Å². The van der Waals surface area contributed by atoms with Crippen molar-refractivity contribution in [3.8, 4) is 6.07 Å². The fourth-order valence-electron chi connectivity index (χ4n) is 1.71. The van der Waals surface area contributed by atoms with E-state index in [0.717, 1.165) is 5.56 Å². The molecule has 3 nitrogen and oxygen atoms in total. The van der Waals surface area contributed by atoms with Gasteiger partial charge in [-0.05, 0) is 35.9 Å². The molecule has 0 radical (unpaired) electrons. The Labute approximate surface area is 126 Å². The number of amides is 1. The van der Waals surface area contributed by atoms with Gasteiger partial charge in [-0.25, -0.2) is 4.39 Å². The van der Waals surface area contributed by atoms with Crippen molar-refractivity contribution in [1.82, 2.24) is 0 Å². The molecule has 21 heavy (non-hydrogen) atoms. The summed E-state index contributed by atoms with van der Waals surface area (Å²) >= 11 is 1.45. The zero-order valence-corrected chi connectivity index (χ0v) is 12.0. The van der Waals surface area contributed by atoms with Crippen LogP contribution >= 0.6 is 11.8 Å². The number of thioether (sulfide) groups is 1. The zero-order valence-electron chi connectivity index (χ0n) is 11.2. The van der Waals surface area contributed by atoms with Gasteiger partial charge < -0.3 is 5.32 Å². The minimum absolute atomic E-state index is 0.128. The molecule has 0 atom stereocenters. The van der Waals surface area contributed by atoms with Crippen molar-refractivity contribution < 1.29 is 9.18 Å². The normalized spacial score (nSPS) is 9.90. The molecule has 0 unspecified atom stereocenters. The molecule has 0 aliphatic carbocycles. The number of benzene rings is 2. The Kier molecular flexibility index (Phi) is 5.35. The molecule has 0 fully saturated rings. The quantitative estimate of drug-likeness (QED) is 0.918. The molecule has 2 aromatic rings. The highest BCUT2D eigenvalue weighted by Gasteiger charge is 2.04. The third-order valence-corrected chi connectivity index (χ3v) is 3.69. The molecule has 0 saturated carbocycles. The van der Waals surface area contributed by atoms with E-state index >= 15 is 0 Å². The first kappa shape index (κ1) is 15.1. The molecular weight excluding hydrogens is 287 g/mol. The minimum Gasteiger partial charge on any atom is -0.325 e. The summed E-state index contributed by atoms with van der Waals surface area (Å²) in [5, 5.41) is 11.5. The van der Waals surface area contributed by atoms with Crippen LogP contribution in [0, 0.1) is 17.1 Å². The Morgan fingerprint density at radius 2 is 2.00 bits per heavy atom. The molecule has 0 aromatic heterocycles. The molecule has 5 heteroatoms. The highest BCUT2D eigenvalue weighted by Crippen LogP contribution is 2.14. The van der Waals surface area contributed by atoms with E-state index in [4.69, 9.17) is 5.26 Å². The first-order valence-corrected chi connectivity index (χ1v) is 7.45. The highest BCUT2D eigenvalue weighted by molar-refractivity contribution is 7.99. The monoisotopic (exact) mass is 300 g/mol. The molecular formula is C16H13FN2OS. The summed E-state index contributed by atoms with van der Waals surface area (Å²) < 4.78 is 12.7. The number of rotatable bonds is 5. The molecule has 0 aliphatic rings. The van der Waals surface area contributed by atoms with Crippen molar-refractivity contribution in [2.24, 2.45) is 0 Å². The lowest BCUT2D eigenvalue weighted by Gasteiger charge is -2.05. The van der Waals surface area contributed by atoms with Gasteiger partial charge in [0.05, 0.1) is 17.4 Å². The van der Waals surface area contributed by atoms with Crippen LogP contribution in [0.4, 0.5) is 10.1 Å². The van der Waals surface area contributed by atoms with Gasteiger partial charge in [0.1, 0.15) is 5.82 Å². The van der Waals surface area contributed by atoms with Gasteiger partial charge in [-0.3, -0.25) is 4.79 Å². The van der Waals surface area contributed by atoms with Crippen molar-refractivity contribution in [2.75, 3.05) is 11.1 Å². The number of anilines is 1. The van der Waals surface area contributed by atoms with Crippen LogP contribution in [-0.4, -0.2) is 11.7 Å². The number of nitrogens with zero attached hydrogens (tertiary/aromatic N) is 1. The Balaban J connectivity index is 1.79. The Bertz CT molecular complexity index is 665. The molecule has 0 aliphatic heterocycles. The van der Waals surface area contributed by atoms with Crippen LogP contribution in [0.15, 0.2) is 48.5 Å². The smallest absolute Gasteiger partial charge is 0.234 e. The van der Waals surface area contributed by atoms with Gasteiger partial charge in [0.15, 0.2) is 0 Å². The Hall–Kier alpha value is -2.32. The summed E-state index contributed by atoms with van der Waals surface area (Å²) in [5.41, 5.74) is 2.09. The van der Waals surface area contributed by atoms with Crippen molar-refractivity contribution in [3.05, 3.63) is 65.5 Å². The molecule has 2 rings (SSSR count). The van der Waals surface area contributed by atoms with Gasteiger partial charge in [-0.15, -0.1) is 11.8 Å². The summed E-state index contributed by atoms with van der Waals surface area (Å²) in [7, 11) is 0.